The zero-order valence-electron chi connectivity index (χ0n) is 12.9. The van der Waals surface area contributed by atoms with E-state index in [0.29, 0.717) is 13.2 Å². The van der Waals surface area contributed by atoms with Crippen LogP contribution in [0.25, 0.3) is 11.5 Å². The standard InChI is InChI=1S/C14H16BrN7O/c1-9-13(15)10(2)21(18-9)12-4-3-11-16-17-14(22(11)19-12)20-5-7-23-8-6-20/h3-4H,5-8H2,1-2H3. The summed E-state index contributed by atoms with van der Waals surface area (Å²) in [7, 11) is 0. The molecule has 1 aliphatic heterocycles. The van der Waals surface area contributed by atoms with Gasteiger partial charge in [-0.2, -0.15) is 9.61 Å². The third-order valence-electron chi connectivity index (χ3n) is 3.95. The second kappa shape index (κ2) is 5.57. The molecule has 0 bridgehead atoms. The molecule has 4 rings (SSSR count). The van der Waals surface area contributed by atoms with Crippen molar-refractivity contribution in [2.45, 2.75) is 13.8 Å². The quantitative estimate of drug-likeness (QED) is 0.674. The van der Waals surface area contributed by atoms with Crippen molar-refractivity contribution in [2.24, 2.45) is 0 Å². The van der Waals surface area contributed by atoms with Crippen molar-refractivity contribution in [1.82, 2.24) is 29.6 Å². The summed E-state index contributed by atoms with van der Waals surface area (Å²) in [6.45, 7) is 6.93. The number of fused-ring (bicyclic) bond motifs is 1. The Hall–Kier alpha value is -2.00. The van der Waals surface area contributed by atoms with Gasteiger partial charge >= 0.3 is 0 Å². The number of hydrogen-bond donors (Lipinski definition) is 0. The van der Waals surface area contributed by atoms with Gasteiger partial charge in [0.15, 0.2) is 11.5 Å². The van der Waals surface area contributed by atoms with E-state index in [1.54, 1.807) is 4.52 Å². The zero-order valence-corrected chi connectivity index (χ0v) is 14.5. The average Bonchev–Trinajstić information content (AvgIpc) is 3.12. The number of hydrogen-bond acceptors (Lipinski definition) is 6. The van der Waals surface area contributed by atoms with Crippen molar-refractivity contribution in [3.8, 4) is 5.82 Å². The van der Waals surface area contributed by atoms with Crippen LogP contribution in [0.4, 0.5) is 5.95 Å². The van der Waals surface area contributed by atoms with Crippen molar-refractivity contribution >= 4 is 27.5 Å². The summed E-state index contributed by atoms with van der Waals surface area (Å²) in [6, 6.07) is 3.81. The van der Waals surface area contributed by atoms with Crippen LogP contribution in [0, 0.1) is 13.8 Å². The summed E-state index contributed by atoms with van der Waals surface area (Å²) in [5.74, 6) is 1.48. The molecular weight excluding hydrogens is 362 g/mol. The molecular formula is C14H16BrN7O. The number of nitrogens with zero attached hydrogens (tertiary/aromatic N) is 7. The lowest BCUT2D eigenvalue weighted by Crippen LogP contribution is -2.37. The monoisotopic (exact) mass is 377 g/mol. The van der Waals surface area contributed by atoms with Gasteiger partial charge < -0.3 is 9.64 Å². The molecule has 0 unspecified atom stereocenters. The minimum Gasteiger partial charge on any atom is -0.378 e. The minimum absolute atomic E-state index is 0.693. The molecule has 0 N–H and O–H groups in total. The summed E-state index contributed by atoms with van der Waals surface area (Å²) in [5.41, 5.74) is 2.66. The number of morpholine rings is 1. The van der Waals surface area contributed by atoms with Crippen LogP contribution in [-0.4, -0.2) is 55.9 Å². The normalized spacial score (nSPS) is 15.5. The molecule has 0 amide bonds. The van der Waals surface area contributed by atoms with Crippen LogP contribution in [0.15, 0.2) is 16.6 Å². The van der Waals surface area contributed by atoms with Gasteiger partial charge in [0, 0.05) is 13.1 Å². The highest BCUT2D eigenvalue weighted by Gasteiger charge is 2.19. The van der Waals surface area contributed by atoms with Crippen molar-refractivity contribution in [2.75, 3.05) is 31.2 Å². The maximum atomic E-state index is 5.40. The average molecular weight is 378 g/mol. The van der Waals surface area contributed by atoms with Crippen LogP contribution >= 0.6 is 15.9 Å². The van der Waals surface area contributed by atoms with Gasteiger partial charge in [0.25, 0.3) is 0 Å². The molecule has 4 heterocycles. The Morgan fingerprint density at radius 2 is 1.87 bits per heavy atom. The molecule has 1 saturated heterocycles. The summed E-state index contributed by atoms with van der Waals surface area (Å²) in [4.78, 5) is 2.14. The Bertz CT molecular complexity index is 866. The van der Waals surface area contributed by atoms with E-state index < -0.39 is 0 Å². The SMILES string of the molecule is Cc1nn(-c2ccc3nnc(N4CCOCC4)n3n2)c(C)c1Br. The molecule has 23 heavy (non-hydrogen) atoms. The molecule has 1 aliphatic rings. The minimum atomic E-state index is 0.693. The van der Waals surface area contributed by atoms with Gasteiger partial charge in [-0.05, 0) is 41.9 Å². The number of halogens is 1. The van der Waals surface area contributed by atoms with Gasteiger partial charge in [0.2, 0.25) is 5.95 Å². The highest BCUT2D eigenvalue weighted by atomic mass is 79.9. The molecule has 9 heteroatoms. The topological polar surface area (TPSA) is 73.4 Å². The van der Waals surface area contributed by atoms with E-state index in [1.165, 1.54) is 0 Å². The van der Waals surface area contributed by atoms with Crippen LogP contribution < -0.4 is 4.90 Å². The van der Waals surface area contributed by atoms with Gasteiger partial charge in [-0.1, -0.05) is 0 Å². The Morgan fingerprint density at radius 1 is 1.09 bits per heavy atom. The van der Waals surface area contributed by atoms with E-state index in [-0.39, 0.29) is 0 Å². The van der Waals surface area contributed by atoms with Gasteiger partial charge in [0.1, 0.15) is 0 Å². The first-order valence-electron chi connectivity index (χ1n) is 7.42. The van der Waals surface area contributed by atoms with E-state index in [0.717, 1.165) is 46.4 Å². The molecule has 8 nitrogen and oxygen atoms in total. The molecule has 1 fully saturated rings. The smallest absolute Gasteiger partial charge is 0.248 e. The Balaban J connectivity index is 1.81. The van der Waals surface area contributed by atoms with Crippen LogP contribution in [0.2, 0.25) is 0 Å². The van der Waals surface area contributed by atoms with E-state index in [1.807, 2.05) is 30.7 Å². The van der Waals surface area contributed by atoms with E-state index in [9.17, 15) is 0 Å². The lowest BCUT2D eigenvalue weighted by molar-refractivity contribution is 0.122. The predicted molar refractivity (Wildman–Crippen MR) is 88.1 cm³/mol. The van der Waals surface area contributed by atoms with Gasteiger partial charge in [0.05, 0.1) is 29.1 Å². The van der Waals surface area contributed by atoms with Gasteiger partial charge in [-0.25, -0.2) is 4.68 Å². The molecule has 3 aromatic heterocycles. The van der Waals surface area contributed by atoms with E-state index >= 15 is 0 Å². The molecule has 0 atom stereocenters. The summed E-state index contributed by atoms with van der Waals surface area (Å²) >= 11 is 3.55. The third kappa shape index (κ3) is 2.40. The number of aryl methyl sites for hydroxylation is 1. The van der Waals surface area contributed by atoms with Crippen LogP contribution in [0.5, 0.6) is 0 Å². The fourth-order valence-corrected chi connectivity index (χ4v) is 2.94. The van der Waals surface area contributed by atoms with Crippen molar-refractivity contribution in [3.05, 3.63) is 28.0 Å². The lowest BCUT2D eigenvalue weighted by Gasteiger charge is -2.26. The van der Waals surface area contributed by atoms with Gasteiger partial charge in [-0.3, -0.25) is 0 Å². The predicted octanol–water partition coefficient (Wildman–Crippen LogP) is 1.53. The molecule has 0 aromatic carbocycles. The lowest BCUT2D eigenvalue weighted by atomic mass is 10.4. The first kappa shape index (κ1) is 14.6. The zero-order chi connectivity index (χ0) is 16.0. The highest BCUT2D eigenvalue weighted by Crippen LogP contribution is 2.23. The molecule has 0 spiro atoms. The molecule has 120 valence electrons. The molecule has 0 aliphatic carbocycles. The number of aromatic nitrogens is 6. The van der Waals surface area contributed by atoms with Crippen molar-refractivity contribution < 1.29 is 4.74 Å². The van der Waals surface area contributed by atoms with E-state index in [4.69, 9.17) is 4.74 Å². The summed E-state index contributed by atoms with van der Waals surface area (Å²) < 4.78 is 9.98. The molecule has 3 aromatic rings. The fraction of sp³-hybridized carbons (Fsp3) is 0.429. The maximum Gasteiger partial charge on any atom is 0.248 e. The first-order chi connectivity index (χ1) is 11.1. The summed E-state index contributed by atoms with van der Waals surface area (Å²) in [6.07, 6.45) is 0. The van der Waals surface area contributed by atoms with Crippen molar-refractivity contribution in [3.63, 3.8) is 0 Å². The second-order valence-corrected chi connectivity index (χ2v) is 6.25. The maximum absolute atomic E-state index is 5.40. The first-order valence-corrected chi connectivity index (χ1v) is 8.21. The van der Waals surface area contributed by atoms with Crippen LogP contribution in [0.1, 0.15) is 11.4 Å². The molecule has 0 radical (unpaired) electrons. The fourth-order valence-electron chi connectivity index (χ4n) is 2.69. The summed E-state index contributed by atoms with van der Waals surface area (Å²) in [5, 5.41) is 17.7. The largest absolute Gasteiger partial charge is 0.378 e. The Kier molecular flexibility index (Phi) is 3.53. The van der Waals surface area contributed by atoms with Crippen LogP contribution in [-0.2, 0) is 4.74 Å². The second-order valence-electron chi connectivity index (χ2n) is 5.46. The molecule has 0 saturated carbocycles. The third-order valence-corrected chi connectivity index (χ3v) is 5.09. The van der Waals surface area contributed by atoms with Crippen molar-refractivity contribution in [1.29, 1.82) is 0 Å². The highest BCUT2D eigenvalue weighted by molar-refractivity contribution is 9.10. The Morgan fingerprint density at radius 3 is 2.57 bits per heavy atom. The van der Waals surface area contributed by atoms with Gasteiger partial charge in [-0.15, -0.1) is 15.3 Å². The van der Waals surface area contributed by atoms with Crippen LogP contribution in [0.3, 0.4) is 0 Å². The van der Waals surface area contributed by atoms with E-state index in [2.05, 4.69) is 41.2 Å². The number of anilines is 1. The number of ether oxygens (including phenoxy) is 1. The Labute approximate surface area is 141 Å². The number of rotatable bonds is 2.